The molecule has 0 aliphatic carbocycles. The van der Waals surface area contributed by atoms with Gasteiger partial charge >= 0.3 is 0 Å². The number of ether oxygens (including phenoxy) is 1. The second-order valence-electron chi connectivity index (χ2n) is 8.85. The molecule has 1 spiro atoms. The van der Waals surface area contributed by atoms with E-state index in [2.05, 4.69) is 10.3 Å². The normalized spacial score (nSPS) is 18.5. The van der Waals surface area contributed by atoms with E-state index in [9.17, 15) is 14.0 Å². The summed E-state index contributed by atoms with van der Waals surface area (Å²) in [5.74, 6) is -0.554. The molecular weight excluding hydrogens is 433 g/mol. The summed E-state index contributed by atoms with van der Waals surface area (Å²) < 4.78 is 19.9. The maximum absolute atomic E-state index is 13.5. The molecule has 3 aromatic rings. The number of hydrogen-bond donors (Lipinski definition) is 1. The number of carbonyl (C=O) groups excluding carboxylic acids is 2. The molecule has 1 atom stereocenters. The van der Waals surface area contributed by atoms with Gasteiger partial charge in [-0.2, -0.15) is 0 Å². The van der Waals surface area contributed by atoms with E-state index >= 15 is 0 Å². The zero-order valence-corrected chi connectivity index (χ0v) is 18.7. The lowest BCUT2D eigenvalue weighted by molar-refractivity contribution is -0.155. The van der Waals surface area contributed by atoms with Gasteiger partial charge in [-0.3, -0.25) is 14.6 Å². The van der Waals surface area contributed by atoms with E-state index in [0.29, 0.717) is 38.0 Å². The molecule has 0 radical (unpaired) electrons. The Morgan fingerprint density at radius 3 is 2.62 bits per heavy atom. The van der Waals surface area contributed by atoms with Gasteiger partial charge in [0, 0.05) is 32.0 Å². The van der Waals surface area contributed by atoms with Gasteiger partial charge in [-0.1, -0.05) is 42.5 Å². The maximum Gasteiger partial charge on any atom is 0.254 e. The summed E-state index contributed by atoms with van der Waals surface area (Å²) in [6.07, 6.45) is 4.10. The summed E-state index contributed by atoms with van der Waals surface area (Å²) in [5, 5.41) is 2.96. The van der Waals surface area contributed by atoms with E-state index in [1.165, 1.54) is 12.1 Å². The molecule has 1 fully saturated rings. The number of halogens is 1. The Balaban J connectivity index is 1.26. The number of piperidine rings is 1. The van der Waals surface area contributed by atoms with E-state index in [1.54, 1.807) is 29.4 Å². The van der Waals surface area contributed by atoms with Gasteiger partial charge in [0.15, 0.2) is 6.10 Å². The molecule has 7 heteroatoms. The SMILES string of the molecule is O=C(NCc1cccnc1)C1OC2(CCN(C(=O)Cc3cccc(F)c3)CC2)c2ccccc21. The summed E-state index contributed by atoms with van der Waals surface area (Å²) in [6.45, 7) is 1.42. The number of likely N-dealkylation sites (tertiary alicyclic amines) is 1. The molecule has 0 saturated carbocycles. The molecule has 2 aliphatic heterocycles. The van der Waals surface area contributed by atoms with Crippen LogP contribution in [0.5, 0.6) is 0 Å². The van der Waals surface area contributed by atoms with E-state index in [-0.39, 0.29) is 24.1 Å². The van der Waals surface area contributed by atoms with Gasteiger partial charge < -0.3 is 15.0 Å². The topological polar surface area (TPSA) is 71.5 Å². The third-order valence-electron chi connectivity index (χ3n) is 6.67. The fourth-order valence-corrected chi connectivity index (χ4v) is 4.91. The Hall–Kier alpha value is -3.58. The predicted molar refractivity (Wildman–Crippen MR) is 124 cm³/mol. The molecule has 1 unspecified atom stereocenters. The smallest absolute Gasteiger partial charge is 0.254 e. The third kappa shape index (κ3) is 4.43. The van der Waals surface area contributed by atoms with Crippen molar-refractivity contribution in [1.82, 2.24) is 15.2 Å². The average molecular weight is 460 g/mol. The molecule has 2 aliphatic rings. The first-order valence-corrected chi connectivity index (χ1v) is 11.5. The molecular formula is C27H26FN3O3. The molecule has 1 aromatic heterocycles. The van der Waals surface area contributed by atoms with Crippen LogP contribution >= 0.6 is 0 Å². The second-order valence-corrected chi connectivity index (χ2v) is 8.85. The quantitative estimate of drug-likeness (QED) is 0.632. The Labute approximate surface area is 197 Å². The number of hydrogen-bond acceptors (Lipinski definition) is 4. The van der Waals surface area contributed by atoms with Crippen LogP contribution in [0.25, 0.3) is 0 Å². The van der Waals surface area contributed by atoms with Crippen molar-refractivity contribution >= 4 is 11.8 Å². The monoisotopic (exact) mass is 459 g/mol. The van der Waals surface area contributed by atoms with Gasteiger partial charge in [0.25, 0.3) is 5.91 Å². The van der Waals surface area contributed by atoms with Gasteiger partial charge in [0.05, 0.1) is 12.0 Å². The fourth-order valence-electron chi connectivity index (χ4n) is 4.91. The van der Waals surface area contributed by atoms with Gasteiger partial charge in [-0.25, -0.2) is 4.39 Å². The Morgan fingerprint density at radius 1 is 1.06 bits per heavy atom. The van der Waals surface area contributed by atoms with Gasteiger partial charge in [-0.15, -0.1) is 0 Å². The molecule has 5 rings (SSSR count). The minimum absolute atomic E-state index is 0.0301. The van der Waals surface area contributed by atoms with Crippen LogP contribution in [-0.2, 0) is 32.9 Å². The lowest BCUT2D eigenvalue weighted by Crippen LogP contribution is -2.46. The minimum Gasteiger partial charge on any atom is -0.352 e. The highest BCUT2D eigenvalue weighted by atomic mass is 19.1. The predicted octanol–water partition coefficient (Wildman–Crippen LogP) is 3.67. The number of fused-ring (bicyclic) bond motifs is 2. The molecule has 1 saturated heterocycles. The molecule has 2 aromatic carbocycles. The van der Waals surface area contributed by atoms with Gasteiger partial charge in [0.2, 0.25) is 5.91 Å². The van der Waals surface area contributed by atoms with Crippen LogP contribution in [0.1, 0.15) is 41.2 Å². The number of rotatable bonds is 5. The lowest BCUT2D eigenvalue weighted by Gasteiger charge is -2.39. The maximum atomic E-state index is 13.5. The number of amides is 2. The first kappa shape index (κ1) is 22.2. The van der Waals surface area contributed by atoms with Crippen LogP contribution in [0.2, 0.25) is 0 Å². The van der Waals surface area contributed by atoms with Crippen LogP contribution in [-0.4, -0.2) is 34.8 Å². The number of nitrogens with zero attached hydrogens (tertiary/aromatic N) is 2. The van der Waals surface area contributed by atoms with Gasteiger partial charge in [0.1, 0.15) is 5.82 Å². The summed E-state index contributed by atoms with van der Waals surface area (Å²) in [6, 6.07) is 17.7. The number of benzene rings is 2. The van der Waals surface area contributed by atoms with Gasteiger partial charge in [-0.05, 0) is 53.3 Å². The highest BCUT2D eigenvalue weighted by molar-refractivity contribution is 5.84. The molecule has 0 bridgehead atoms. The zero-order valence-electron chi connectivity index (χ0n) is 18.7. The summed E-state index contributed by atoms with van der Waals surface area (Å²) in [4.78, 5) is 31.8. The minimum atomic E-state index is -0.692. The summed E-state index contributed by atoms with van der Waals surface area (Å²) in [7, 11) is 0. The number of carbonyl (C=O) groups is 2. The van der Waals surface area contributed by atoms with Crippen LogP contribution in [0.3, 0.4) is 0 Å². The summed E-state index contributed by atoms with van der Waals surface area (Å²) in [5.41, 5.74) is 2.89. The van der Waals surface area contributed by atoms with Crippen molar-refractivity contribution in [2.75, 3.05) is 13.1 Å². The standard InChI is InChI=1S/C27H26FN3O3/c28-21-7-3-5-19(15-21)16-24(32)31-13-10-27(11-14-31)23-9-2-1-8-22(23)25(34-27)26(33)30-18-20-6-4-12-29-17-20/h1-9,12,15,17,25H,10-11,13-14,16,18H2,(H,30,33). The molecule has 6 nitrogen and oxygen atoms in total. The largest absolute Gasteiger partial charge is 0.352 e. The molecule has 174 valence electrons. The van der Waals surface area contributed by atoms with E-state index in [1.807, 2.05) is 36.4 Å². The Bertz CT molecular complexity index is 1190. The highest BCUT2D eigenvalue weighted by Crippen LogP contribution is 2.49. The van der Waals surface area contributed by atoms with Crippen LogP contribution < -0.4 is 5.32 Å². The van der Waals surface area contributed by atoms with E-state index in [0.717, 1.165) is 16.7 Å². The second kappa shape index (κ2) is 9.35. The fraction of sp³-hybridized carbons (Fsp3) is 0.296. The first-order chi connectivity index (χ1) is 16.5. The van der Waals surface area contributed by atoms with Crippen LogP contribution in [0.15, 0.2) is 73.1 Å². The third-order valence-corrected chi connectivity index (χ3v) is 6.67. The van der Waals surface area contributed by atoms with Crippen molar-refractivity contribution in [2.24, 2.45) is 0 Å². The first-order valence-electron chi connectivity index (χ1n) is 11.5. The number of aromatic nitrogens is 1. The van der Waals surface area contributed by atoms with Crippen molar-refractivity contribution in [3.05, 3.63) is 101 Å². The van der Waals surface area contributed by atoms with E-state index < -0.39 is 11.7 Å². The average Bonchev–Trinajstić information content (AvgIpc) is 3.18. The Morgan fingerprint density at radius 2 is 1.85 bits per heavy atom. The lowest BCUT2D eigenvalue weighted by atomic mass is 9.83. The molecule has 2 amide bonds. The zero-order chi connectivity index (χ0) is 23.5. The molecule has 1 N–H and O–H groups in total. The van der Waals surface area contributed by atoms with Crippen molar-refractivity contribution in [2.45, 2.75) is 37.5 Å². The van der Waals surface area contributed by atoms with Crippen molar-refractivity contribution < 1.29 is 18.7 Å². The number of pyridine rings is 1. The Kier molecular flexibility index (Phi) is 6.11. The van der Waals surface area contributed by atoms with Crippen molar-refractivity contribution in [1.29, 1.82) is 0 Å². The van der Waals surface area contributed by atoms with E-state index in [4.69, 9.17) is 4.74 Å². The molecule has 34 heavy (non-hydrogen) atoms. The van der Waals surface area contributed by atoms with Crippen molar-refractivity contribution in [3.63, 3.8) is 0 Å². The molecule has 3 heterocycles. The van der Waals surface area contributed by atoms with Crippen molar-refractivity contribution in [3.8, 4) is 0 Å². The summed E-state index contributed by atoms with van der Waals surface area (Å²) >= 11 is 0. The van der Waals surface area contributed by atoms with Crippen LogP contribution in [0, 0.1) is 5.82 Å². The highest BCUT2D eigenvalue weighted by Gasteiger charge is 2.49. The number of nitrogens with one attached hydrogen (secondary N) is 1. The van der Waals surface area contributed by atoms with Crippen LogP contribution in [0.4, 0.5) is 4.39 Å².